The fraction of sp³-hybridized carbons (Fsp3) is 0.462. The molecule has 0 spiro atoms. The normalized spacial score (nSPS) is 12.5. The van der Waals surface area contributed by atoms with Crippen molar-refractivity contribution in [2.45, 2.75) is 19.9 Å². The average molecular weight is 235 g/mol. The number of anilines is 1. The molecule has 17 heavy (non-hydrogen) atoms. The molecule has 0 aliphatic heterocycles. The number of carbonyl (C=O) groups is 1. The highest BCUT2D eigenvalue weighted by Gasteiger charge is 2.19. The third-order valence-electron chi connectivity index (χ3n) is 2.79. The van der Waals surface area contributed by atoms with E-state index in [0.29, 0.717) is 6.54 Å². The molecule has 1 aromatic rings. The van der Waals surface area contributed by atoms with Crippen molar-refractivity contribution in [3.05, 3.63) is 30.3 Å². The molecule has 1 amide bonds. The lowest BCUT2D eigenvalue weighted by atomic mass is 10.2. The van der Waals surface area contributed by atoms with Gasteiger partial charge in [-0.15, -0.1) is 0 Å². The van der Waals surface area contributed by atoms with Crippen LogP contribution < -0.4 is 11.1 Å². The Bertz CT molecular complexity index is 340. The molecule has 0 aromatic heterocycles. The predicted octanol–water partition coefficient (Wildman–Crippen LogP) is 1.29. The molecule has 4 heteroatoms. The summed E-state index contributed by atoms with van der Waals surface area (Å²) in [5.41, 5.74) is 6.35. The van der Waals surface area contributed by atoms with Gasteiger partial charge in [0.05, 0.1) is 6.04 Å². The number of hydrogen-bond acceptors (Lipinski definition) is 3. The van der Waals surface area contributed by atoms with Crippen LogP contribution >= 0.6 is 0 Å². The highest BCUT2D eigenvalue weighted by atomic mass is 16.2. The number of hydrogen-bond donors (Lipinski definition) is 2. The minimum atomic E-state index is -0.163. The van der Waals surface area contributed by atoms with Crippen LogP contribution in [-0.2, 0) is 4.79 Å². The second kappa shape index (κ2) is 7.04. The fourth-order valence-corrected chi connectivity index (χ4v) is 1.73. The Hall–Kier alpha value is -1.39. The maximum atomic E-state index is 12.0. The summed E-state index contributed by atoms with van der Waals surface area (Å²) in [6.45, 7) is 6.05. The Kier molecular flexibility index (Phi) is 5.66. The summed E-state index contributed by atoms with van der Waals surface area (Å²) in [5, 5.41) is 2.89. The molecule has 0 aliphatic carbocycles. The first-order valence-electron chi connectivity index (χ1n) is 5.99. The molecule has 1 aromatic carbocycles. The first kappa shape index (κ1) is 13.7. The molecule has 94 valence electrons. The molecule has 0 saturated heterocycles. The monoisotopic (exact) mass is 235 g/mol. The van der Waals surface area contributed by atoms with Gasteiger partial charge in [0.1, 0.15) is 0 Å². The molecule has 1 rings (SSSR count). The van der Waals surface area contributed by atoms with Crippen LogP contribution in [0.1, 0.15) is 13.8 Å². The average Bonchev–Trinajstić information content (AvgIpc) is 2.36. The van der Waals surface area contributed by atoms with E-state index in [2.05, 4.69) is 10.2 Å². The number of benzene rings is 1. The van der Waals surface area contributed by atoms with E-state index < -0.39 is 0 Å². The largest absolute Gasteiger partial charge is 0.329 e. The highest BCUT2D eigenvalue weighted by Crippen LogP contribution is 2.07. The van der Waals surface area contributed by atoms with Crippen LogP contribution in [0, 0.1) is 0 Å². The van der Waals surface area contributed by atoms with E-state index in [1.54, 1.807) is 0 Å². The molecule has 1 unspecified atom stereocenters. The van der Waals surface area contributed by atoms with Crippen molar-refractivity contribution in [3.8, 4) is 0 Å². The van der Waals surface area contributed by atoms with E-state index in [1.807, 2.05) is 44.2 Å². The molecule has 0 radical (unpaired) electrons. The number of amides is 1. The van der Waals surface area contributed by atoms with Gasteiger partial charge in [0, 0.05) is 18.8 Å². The van der Waals surface area contributed by atoms with Crippen LogP contribution in [0.25, 0.3) is 0 Å². The van der Waals surface area contributed by atoms with E-state index in [9.17, 15) is 4.79 Å². The van der Waals surface area contributed by atoms with Crippen molar-refractivity contribution < 1.29 is 4.79 Å². The van der Waals surface area contributed by atoms with Crippen LogP contribution in [-0.4, -0.2) is 36.5 Å². The van der Waals surface area contributed by atoms with Crippen molar-refractivity contribution in [1.29, 1.82) is 0 Å². The number of likely N-dealkylation sites (N-methyl/N-ethyl adjacent to an activating group) is 1. The van der Waals surface area contributed by atoms with Gasteiger partial charge in [-0.05, 0) is 25.6 Å². The summed E-state index contributed by atoms with van der Waals surface area (Å²) in [4.78, 5) is 14.0. The predicted molar refractivity (Wildman–Crippen MR) is 70.8 cm³/mol. The quantitative estimate of drug-likeness (QED) is 0.781. The van der Waals surface area contributed by atoms with E-state index in [0.717, 1.165) is 18.8 Å². The van der Waals surface area contributed by atoms with Gasteiger partial charge in [0.2, 0.25) is 5.91 Å². The van der Waals surface area contributed by atoms with Crippen molar-refractivity contribution in [2.75, 3.05) is 25.0 Å². The van der Waals surface area contributed by atoms with Gasteiger partial charge in [-0.1, -0.05) is 25.1 Å². The van der Waals surface area contributed by atoms with Gasteiger partial charge in [-0.25, -0.2) is 0 Å². The Morgan fingerprint density at radius 1 is 1.41 bits per heavy atom. The zero-order chi connectivity index (χ0) is 12.7. The van der Waals surface area contributed by atoms with Crippen LogP contribution in [0.2, 0.25) is 0 Å². The number of carbonyl (C=O) groups excluding carboxylic acids is 1. The second-order valence-corrected chi connectivity index (χ2v) is 3.95. The van der Waals surface area contributed by atoms with Gasteiger partial charge in [0.25, 0.3) is 0 Å². The van der Waals surface area contributed by atoms with Crippen LogP contribution in [0.5, 0.6) is 0 Å². The molecule has 0 saturated carbocycles. The zero-order valence-electron chi connectivity index (χ0n) is 10.5. The molecular weight excluding hydrogens is 214 g/mol. The molecule has 0 heterocycles. The summed E-state index contributed by atoms with van der Waals surface area (Å²) >= 11 is 0. The fourth-order valence-electron chi connectivity index (χ4n) is 1.73. The number of nitrogens with zero attached hydrogens (tertiary/aromatic N) is 1. The third kappa shape index (κ3) is 4.17. The molecule has 0 bridgehead atoms. The lowest BCUT2D eigenvalue weighted by molar-refractivity contribution is -0.120. The van der Waals surface area contributed by atoms with Crippen molar-refractivity contribution >= 4 is 11.6 Å². The van der Waals surface area contributed by atoms with Crippen molar-refractivity contribution in [2.24, 2.45) is 5.73 Å². The Labute approximate surface area is 103 Å². The Morgan fingerprint density at radius 2 is 2.06 bits per heavy atom. The molecular formula is C13H21N3O. The maximum Gasteiger partial charge on any atom is 0.241 e. The van der Waals surface area contributed by atoms with Gasteiger partial charge in [0.15, 0.2) is 0 Å². The summed E-state index contributed by atoms with van der Waals surface area (Å²) in [6, 6.07) is 9.32. The lowest BCUT2D eigenvalue weighted by Crippen LogP contribution is -2.44. The molecule has 1 atom stereocenters. The van der Waals surface area contributed by atoms with E-state index in [4.69, 9.17) is 5.73 Å². The summed E-state index contributed by atoms with van der Waals surface area (Å²) in [7, 11) is 0. The van der Waals surface area contributed by atoms with Crippen molar-refractivity contribution in [1.82, 2.24) is 4.90 Å². The second-order valence-electron chi connectivity index (χ2n) is 3.95. The van der Waals surface area contributed by atoms with Crippen molar-refractivity contribution in [3.63, 3.8) is 0 Å². The number of nitrogens with two attached hydrogens (primary N) is 1. The molecule has 0 aliphatic rings. The standard InChI is InChI=1S/C13H21N3O/c1-3-16(10-9-14)11(2)13(17)15-12-7-5-4-6-8-12/h4-8,11H,3,9-10,14H2,1-2H3,(H,15,17). The maximum absolute atomic E-state index is 12.0. The van der Waals surface area contributed by atoms with E-state index >= 15 is 0 Å². The van der Waals surface area contributed by atoms with Gasteiger partial charge >= 0.3 is 0 Å². The topological polar surface area (TPSA) is 58.4 Å². The summed E-state index contributed by atoms with van der Waals surface area (Å²) in [5.74, 6) is 0.00602. The summed E-state index contributed by atoms with van der Waals surface area (Å²) < 4.78 is 0. The first-order chi connectivity index (χ1) is 8.19. The zero-order valence-corrected chi connectivity index (χ0v) is 10.5. The molecule has 4 nitrogen and oxygen atoms in total. The molecule has 3 N–H and O–H groups in total. The number of nitrogens with one attached hydrogen (secondary N) is 1. The smallest absolute Gasteiger partial charge is 0.241 e. The Balaban J connectivity index is 2.57. The number of rotatable bonds is 6. The minimum Gasteiger partial charge on any atom is -0.329 e. The summed E-state index contributed by atoms with van der Waals surface area (Å²) in [6.07, 6.45) is 0. The molecule has 0 fully saturated rings. The Morgan fingerprint density at radius 3 is 2.59 bits per heavy atom. The van der Waals surface area contributed by atoms with Gasteiger partial charge in [-0.2, -0.15) is 0 Å². The van der Waals surface area contributed by atoms with E-state index in [1.165, 1.54) is 0 Å². The SMILES string of the molecule is CCN(CCN)C(C)C(=O)Nc1ccccc1. The van der Waals surface area contributed by atoms with Crippen LogP contribution in [0.3, 0.4) is 0 Å². The number of para-hydroxylation sites is 1. The van der Waals surface area contributed by atoms with Crippen LogP contribution in [0.15, 0.2) is 30.3 Å². The van der Waals surface area contributed by atoms with Gasteiger partial charge < -0.3 is 11.1 Å². The van der Waals surface area contributed by atoms with E-state index in [-0.39, 0.29) is 11.9 Å². The minimum absolute atomic E-state index is 0.00602. The van der Waals surface area contributed by atoms with Crippen LogP contribution in [0.4, 0.5) is 5.69 Å². The third-order valence-corrected chi connectivity index (χ3v) is 2.79. The highest BCUT2D eigenvalue weighted by molar-refractivity contribution is 5.94. The lowest BCUT2D eigenvalue weighted by Gasteiger charge is -2.26. The first-order valence-corrected chi connectivity index (χ1v) is 5.99. The van der Waals surface area contributed by atoms with Gasteiger partial charge in [-0.3, -0.25) is 9.69 Å².